The predicted octanol–water partition coefficient (Wildman–Crippen LogP) is 4.54. The van der Waals surface area contributed by atoms with Crippen molar-refractivity contribution < 1.29 is 9.53 Å². The number of aryl methyl sites for hydroxylation is 1. The Bertz CT molecular complexity index is 429. The molecule has 0 aromatic heterocycles. The Kier molecular flexibility index (Phi) is 5.90. The van der Waals surface area contributed by atoms with Crippen LogP contribution in [0.15, 0.2) is 18.2 Å². The molecule has 1 aromatic carbocycles. The molecule has 3 heteroatoms. The zero-order chi connectivity index (χ0) is 13.5. The summed E-state index contributed by atoms with van der Waals surface area (Å²) in [5.41, 5.74) is 2.04. The molecule has 0 aliphatic heterocycles. The molecule has 104 valence electrons. The molecule has 19 heavy (non-hydrogen) atoms. The standard InChI is InChI=1S/C16H21BrO2/c17-10-4-2-1-3-5-11-19-14-7-8-15-13(12-14)6-9-16(15)18/h7-8,12H,1-6,9-11H2. The van der Waals surface area contributed by atoms with Crippen molar-refractivity contribution in [1.82, 2.24) is 0 Å². The van der Waals surface area contributed by atoms with E-state index in [-0.39, 0.29) is 5.78 Å². The molecule has 0 saturated heterocycles. The molecule has 0 radical (unpaired) electrons. The normalized spacial score (nSPS) is 13.6. The van der Waals surface area contributed by atoms with Gasteiger partial charge in [-0.1, -0.05) is 35.2 Å². The van der Waals surface area contributed by atoms with E-state index in [1.165, 1.54) is 25.7 Å². The number of alkyl halides is 1. The third-order valence-electron chi connectivity index (χ3n) is 3.55. The molecule has 0 amide bonds. The summed E-state index contributed by atoms with van der Waals surface area (Å²) >= 11 is 3.44. The number of hydrogen-bond acceptors (Lipinski definition) is 2. The Hall–Kier alpha value is -0.830. The van der Waals surface area contributed by atoms with Crippen molar-refractivity contribution >= 4 is 21.7 Å². The monoisotopic (exact) mass is 324 g/mol. The molecule has 0 fully saturated rings. The zero-order valence-corrected chi connectivity index (χ0v) is 12.9. The van der Waals surface area contributed by atoms with Gasteiger partial charge in [0, 0.05) is 17.3 Å². The van der Waals surface area contributed by atoms with Gasteiger partial charge >= 0.3 is 0 Å². The van der Waals surface area contributed by atoms with Crippen LogP contribution in [0.4, 0.5) is 0 Å². The number of Topliss-reactive ketones (excluding diaryl/α,β-unsaturated/α-hetero) is 1. The molecule has 1 aliphatic carbocycles. The third-order valence-corrected chi connectivity index (χ3v) is 4.11. The molecule has 1 aliphatic rings. The van der Waals surface area contributed by atoms with Crippen LogP contribution in [0.25, 0.3) is 0 Å². The second-order valence-corrected chi connectivity index (χ2v) is 5.84. The Morgan fingerprint density at radius 2 is 1.84 bits per heavy atom. The third kappa shape index (κ3) is 4.34. The lowest BCUT2D eigenvalue weighted by molar-refractivity contribution is 0.0994. The summed E-state index contributed by atoms with van der Waals surface area (Å²) in [7, 11) is 0. The van der Waals surface area contributed by atoms with Crippen LogP contribution in [0.1, 0.15) is 54.4 Å². The van der Waals surface area contributed by atoms with Crippen LogP contribution < -0.4 is 4.74 Å². The van der Waals surface area contributed by atoms with Crippen molar-refractivity contribution in [3.63, 3.8) is 0 Å². The van der Waals surface area contributed by atoms with Crippen LogP contribution in [-0.2, 0) is 6.42 Å². The van der Waals surface area contributed by atoms with E-state index in [1.807, 2.05) is 18.2 Å². The van der Waals surface area contributed by atoms with Gasteiger partial charge in [-0.05, 0) is 43.0 Å². The predicted molar refractivity (Wildman–Crippen MR) is 81.5 cm³/mol. The minimum Gasteiger partial charge on any atom is -0.494 e. The minimum absolute atomic E-state index is 0.272. The number of unbranched alkanes of at least 4 members (excludes halogenated alkanes) is 4. The van der Waals surface area contributed by atoms with E-state index < -0.39 is 0 Å². The second kappa shape index (κ2) is 7.68. The SMILES string of the molecule is O=C1CCc2cc(OCCCCCCCBr)ccc21. The maximum atomic E-state index is 11.5. The first-order valence-corrected chi connectivity index (χ1v) is 8.28. The van der Waals surface area contributed by atoms with Gasteiger partial charge in [-0.15, -0.1) is 0 Å². The molecule has 0 spiro atoms. The summed E-state index contributed by atoms with van der Waals surface area (Å²) in [5, 5.41) is 1.11. The van der Waals surface area contributed by atoms with Gasteiger partial charge in [0.1, 0.15) is 5.75 Å². The van der Waals surface area contributed by atoms with Crippen LogP contribution in [0.2, 0.25) is 0 Å². The maximum Gasteiger partial charge on any atom is 0.163 e. The van der Waals surface area contributed by atoms with Gasteiger partial charge in [0.15, 0.2) is 5.78 Å². The molecule has 1 aromatic rings. The molecular weight excluding hydrogens is 304 g/mol. The van der Waals surface area contributed by atoms with E-state index in [4.69, 9.17) is 4.74 Å². The highest BCUT2D eigenvalue weighted by molar-refractivity contribution is 9.09. The van der Waals surface area contributed by atoms with Crippen molar-refractivity contribution in [2.45, 2.75) is 44.9 Å². The van der Waals surface area contributed by atoms with Crippen LogP contribution in [-0.4, -0.2) is 17.7 Å². The van der Waals surface area contributed by atoms with Crippen molar-refractivity contribution in [2.75, 3.05) is 11.9 Å². The number of ether oxygens (including phenoxy) is 1. The number of benzene rings is 1. The fraction of sp³-hybridized carbons (Fsp3) is 0.562. The quantitative estimate of drug-likeness (QED) is 0.518. The number of hydrogen-bond donors (Lipinski definition) is 0. The number of ketones is 1. The molecule has 0 bridgehead atoms. The maximum absolute atomic E-state index is 11.5. The summed E-state index contributed by atoms with van der Waals surface area (Å²) in [4.78, 5) is 11.5. The number of halogens is 1. The molecule has 0 unspecified atom stereocenters. The topological polar surface area (TPSA) is 26.3 Å². The average molecular weight is 325 g/mol. The van der Waals surface area contributed by atoms with E-state index in [1.54, 1.807) is 0 Å². The van der Waals surface area contributed by atoms with Crippen molar-refractivity contribution in [1.29, 1.82) is 0 Å². The van der Waals surface area contributed by atoms with Gasteiger partial charge in [-0.2, -0.15) is 0 Å². The Morgan fingerprint density at radius 3 is 2.68 bits per heavy atom. The van der Waals surface area contributed by atoms with Gasteiger partial charge in [-0.25, -0.2) is 0 Å². The largest absolute Gasteiger partial charge is 0.494 e. The van der Waals surface area contributed by atoms with E-state index in [0.717, 1.165) is 41.7 Å². The minimum atomic E-state index is 0.272. The summed E-state index contributed by atoms with van der Waals surface area (Å²) in [6.07, 6.45) is 7.72. The Balaban J connectivity index is 1.68. The second-order valence-electron chi connectivity index (χ2n) is 5.05. The lowest BCUT2D eigenvalue weighted by Gasteiger charge is -2.07. The molecule has 0 heterocycles. The van der Waals surface area contributed by atoms with Gasteiger partial charge in [-0.3, -0.25) is 4.79 Å². The van der Waals surface area contributed by atoms with Crippen LogP contribution >= 0.6 is 15.9 Å². The van der Waals surface area contributed by atoms with E-state index in [9.17, 15) is 4.79 Å². The molecule has 0 saturated carbocycles. The van der Waals surface area contributed by atoms with Crippen molar-refractivity contribution in [3.05, 3.63) is 29.3 Å². The van der Waals surface area contributed by atoms with Gasteiger partial charge in [0.25, 0.3) is 0 Å². The summed E-state index contributed by atoms with van der Waals surface area (Å²) < 4.78 is 5.75. The zero-order valence-electron chi connectivity index (χ0n) is 11.3. The lowest BCUT2D eigenvalue weighted by atomic mass is 10.1. The van der Waals surface area contributed by atoms with Crippen molar-refractivity contribution in [3.8, 4) is 5.75 Å². The van der Waals surface area contributed by atoms with Gasteiger partial charge in [0.05, 0.1) is 6.61 Å². The number of carbonyl (C=O) groups is 1. The van der Waals surface area contributed by atoms with Crippen LogP contribution in [0.3, 0.4) is 0 Å². The first kappa shape index (κ1) is 14.6. The fourth-order valence-corrected chi connectivity index (χ4v) is 2.84. The van der Waals surface area contributed by atoms with Crippen molar-refractivity contribution in [2.24, 2.45) is 0 Å². The van der Waals surface area contributed by atoms with Gasteiger partial charge < -0.3 is 4.74 Å². The number of carbonyl (C=O) groups excluding carboxylic acids is 1. The molecule has 2 nitrogen and oxygen atoms in total. The van der Waals surface area contributed by atoms with E-state index in [2.05, 4.69) is 15.9 Å². The van der Waals surface area contributed by atoms with Crippen LogP contribution in [0.5, 0.6) is 5.75 Å². The number of rotatable bonds is 8. The van der Waals surface area contributed by atoms with Crippen LogP contribution in [0, 0.1) is 0 Å². The first-order valence-electron chi connectivity index (χ1n) is 7.16. The molecule has 2 rings (SSSR count). The Morgan fingerprint density at radius 1 is 1.05 bits per heavy atom. The molecule has 0 N–H and O–H groups in total. The highest BCUT2D eigenvalue weighted by Gasteiger charge is 2.19. The molecular formula is C16H21BrO2. The van der Waals surface area contributed by atoms with E-state index >= 15 is 0 Å². The lowest BCUT2D eigenvalue weighted by Crippen LogP contribution is -1.98. The highest BCUT2D eigenvalue weighted by atomic mass is 79.9. The smallest absolute Gasteiger partial charge is 0.163 e. The summed E-state index contributed by atoms with van der Waals surface area (Å²) in [5.74, 6) is 1.18. The highest BCUT2D eigenvalue weighted by Crippen LogP contribution is 2.26. The first-order chi connectivity index (χ1) is 9.31. The fourth-order valence-electron chi connectivity index (χ4n) is 2.44. The Labute approximate surface area is 123 Å². The summed E-state index contributed by atoms with van der Waals surface area (Å²) in [6, 6.07) is 5.87. The van der Waals surface area contributed by atoms with Gasteiger partial charge in [0.2, 0.25) is 0 Å². The molecule has 0 atom stereocenters. The average Bonchev–Trinajstić information content (AvgIpc) is 2.79. The summed E-state index contributed by atoms with van der Waals surface area (Å²) in [6.45, 7) is 0.779. The van der Waals surface area contributed by atoms with E-state index in [0.29, 0.717) is 6.42 Å². The number of fused-ring (bicyclic) bond motifs is 1.